The molecule has 2 rings (SSSR count). The molecule has 0 unspecified atom stereocenters. The molecule has 0 saturated carbocycles. The molecule has 0 fully saturated rings. The summed E-state index contributed by atoms with van der Waals surface area (Å²) in [6.45, 7) is -3.30. The summed E-state index contributed by atoms with van der Waals surface area (Å²) in [5, 5.41) is 5.06. The number of carbonyl (C=O) groups excluding carboxylic acids is 2. The maximum atomic E-state index is 12.5. The molecule has 174 valence electrons. The quantitative estimate of drug-likeness (QED) is 0.537. The standard InChI is InChI=1S/C21H24F2N2O7/c1-28-14-6-5-12(7-15(14)32-21(22)23)10-24-18(26)11-25-20(27)13-8-16(29-2)19(31-4)17(9-13)30-3/h5-9,21H,10-11H2,1-4H3,(H,24,26)(H,25,27). The Morgan fingerprint density at radius 2 is 1.47 bits per heavy atom. The molecule has 0 bridgehead atoms. The van der Waals surface area contributed by atoms with Gasteiger partial charge in [-0.3, -0.25) is 9.59 Å². The average molecular weight is 454 g/mol. The van der Waals surface area contributed by atoms with Crippen LogP contribution in [-0.2, 0) is 11.3 Å². The van der Waals surface area contributed by atoms with Gasteiger partial charge in [0.05, 0.1) is 35.0 Å². The molecular weight excluding hydrogens is 430 g/mol. The number of hydrogen-bond donors (Lipinski definition) is 2. The van der Waals surface area contributed by atoms with Crippen molar-refractivity contribution in [3.63, 3.8) is 0 Å². The van der Waals surface area contributed by atoms with E-state index in [1.54, 1.807) is 6.07 Å². The van der Waals surface area contributed by atoms with Gasteiger partial charge in [0.1, 0.15) is 0 Å². The third kappa shape index (κ3) is 6.37. The Kier molecular flexibility index (Phi) is 8.87. The zero-order valence-corrected chi connectivity index (χ0v) is 18.0. The van der Waals surface area contributed by atoms with Crippen molar-refractivity contribution in [1.29, 1.82) is 0 Å². The highest BCUT2D eigenvalue weighted by Gasteiger charge is 2.17. The van der Waals surface area contributed by atoms with E-state index < -0.39 is 18.4 Å². The fraction of sp³-hybridized carbons (Fsp3) is 0.333. The largest absolute Gasteiger partial charge is 0.493 e. The van der Waals surface area contributed by atoms with Crippen molar-refractivity contribution in [1.82, 2.24) is 10.6 Å². The monoisotopic (exact) mass is 454 g/mol. The SMILES string of the molecule is COc1ccc(CNC(=O)CNC(=O)c2cc(OC)c(OC)c(OC)c2)cc1OC(F)F. The average Bonchev–Trinajstić information content (AvgIpc) is 2.79. The number of rotatable bonds is 11. The molecule has 0 aromatic heterocycles. The van der Waals surface area contributed by atoms with Crippen molar-refractivity contribution in [3.8, 4) is 28.7 Å². The van der Waals surface area contributed by atoms with E-state index in [-0.39, 0.29) is 30.2 Å². The number of hydrogen-bond acceptors (Lipinski definition) is 7. The zero-order valence-electron chi connectivity index (χ0n) is 18.0. The fourth-order valence-corrected chi connectivity index (χ4v) is 2.76. The first-order valence-electron chi connectivity index (χ1n) is 9.29. The summed E-state index contributed by atoms with van der Waals surface area (Å²) in [4.78, 5) is 24.5. The van der Waals surface area contributed by atoms with Crippen molar-refractivity contribution in [2.24, 2.45) is 0 Å². The van der Waals surface area contributed by atoms with Gasteiger partial charge in [-0.2, -0.15) is 8.78 Å². The number of nitrogens with one attached hydrogen (secondary N) is 2. The first kappa shape index (κ1) is 24.5. The van der Waals surface area contributed by atoms with Crippen LogP contribution in [0.3, 0.4) is 0 Å². The highest BCUT2D eigenvalue weighted by atomic mass is 19.3. The topological polar surface area (TPSA) is 104 Å². The van der Waals surface area contributed by atoms with Gasteiger partial charge >= 0.3 is 6.61 Å². The van der Waals surface area contributed by atoms with E-state index in [1.807, 2.05) is 0 Å². The van der Waals surface area contributed by atoms with Crippen LogP contribution in [0.1, 0.15) is 15.9 Å². The minimum Gasteiger partial charge on any atom is -0.493 e. The smallest absolute Gasteiger partial charge is 0.387 e. The van der Waals surface area contributed by atoms with Gasteiger partial charge in [-0.15, -0.1) is 0 Å². The highest BCUT2D eigenvalue weighted by molar-refractivity contribution is 5.97. The summed E-state index contributed by atoms with van der Waals surface area (Å²) in [5.41, 5.74) is 0.710. The molecule has 11 heteroatoms. The Morgan fingerprint density at radius 1 is 0.844 bits per heavy atom. The van der Waals surface area contributed by atoms with Gasteiger partial charge in [0.2, 0.25) is 11.7 Å². The normalized spacial score (nSPS) is 10.3. The lowest BCUT2D eigenvalue weighted by atomic mass is 10.1. The minimum atomic E-state index is -3.01. The Balaban J connectivity index is 1.97. The van der Waals surface area contributed by atoms with Crippen molar-refractivity contribution in [2.75, 3.05) is 35.0 Å². The van der Waals surface area contributed by atoms with E-state index in [2.05, 4.69) is 15.4 Å². The minimum absolute atomic E-state index is 0.0302. The summed E-state index contributed by atoms with van der Waals surface area (Å²) in [7, 11) is 5.61. The van der Waals surface area contributed by atoms with Crippen LogP contribution in [0.4, 0.5) is 8.78 Å². The summed E-state index contributed by atoms with van der Waals surface area (Å²) in [6, 6.07) is 7.28. The molecule has 9 nitrogen and oxygen atoms in total. The highest BCUT2D eigenvalue weighted by Crippen LogP contribution is 2.38. The lowest BCUT2D eigenvalue weighted by Crippen LogP contribution is -2.36. The zero-order chi connectivity index (χ0) is 23.7. The second-order valence-electron chi connectivity index (χ2n) is 6.24. The third-order valence-electron chi connectivity index (χ3n) is 4.27. The number of halogens is 2. The molecular formula is C21H24F2N2O7. The van der Waals surface area contributed by atoms with Gasteiger partial charge in [0.25, 0.3) is 5.91 Å². The van der Waals surface area contributed by atoms with E-state index >= 15 is 0 Å². The number of alkyl halides is 2. The van der Waals surface area contributed by atoms with Crippen LogP contribution in [-0.4, -0.2) is 53.4 Å². The summed E-state index contributed by atoms with van der Waals surface area (Å²) >= 11 is 0. The third-order valence-corrected chi connectivity index (χ3v) is 4.27. The summed E-state index contributed by atoms with van der Waals surface area (Å²) in [5.74, 6) is -0.109. The predicted molar refractivity (Wildman–Crippen MR) is 110 cm³/mol. The number of benzene rings is 2. The molecule has 0 radical (unpaired) electrons. The second-order valence-corrected chi connectivity index (χ2v) is 6.24. The molecule has 0 spiro atoms. The van der Waals surface area contributed by atoms with Gasteiger partial charge in [0, 0.05) is 12.1 Å². The van der Waals surface area contributed by atoms with Gasteiger partial charge in [-0.05, 0) is 29.8 Å². The summed E-state index contributed by atoms with van der Waals surface area (Å²) < 4.78 is 50.0. The van der Waals surface area contributed by atoms with E-state index in [9.17, 15) is 18.4 Å². The van der Waals surface area contributed by atoms with Crippen LogP contribution in [0.5, 0.6) is 28.7 Å². The van der Waals surface area contributed by atoms with Crippen LogP contribution in [0, 0.1) is 0 Å². The summed E-state index contributed by atoms with van der Waals surface area (Å²) in [6.07, 6.45) is 0. The molecule has 2 amide bonds. The van der Waals surface area contributed by atoms with Crippen LogP contribution in [0.15, 0.2) is 30.3 Å². The molecule has 0 aliphatic rings. The van der Waals surface area contributed by atoms with Gasteiger partial charge in [-0.1, -0.05) is 6.07 Å². The van der Waals surface area contributed by atoms with Gasteiger partial charge in [-0.25, -0.2) is 0 Å². The molecule has 2 aromatic carbocycles. The molecule has 32 heavy (non-hydrogen) atoms. The van der Waals surface area contributed by atoms with Crippen molar-refractivity contribution >= 4 is 11.8 Å². The van der Waals surface area contributed by atoms with Crippen molar-refractivity contribution in [2.45, 2.75) is 13.2 Å². The van der Waals surface area contributed by atoms with E-state index in [0.29, 0.717) is 22.8 Å². The lowest BCUT2D eigenvalue weighted by molar-refractivity contribution is -0.120. The molecule has 0 saturated heterocycles. The Hall–Kier alpha value is -3.76. The number of carbonyl (C=O) groups is 2. The van der Waals surface area contributed by atoms with E-state index in [0.717, 1.165) is 0 Å². The number of ether oxygens (including phenoxy) is 5. The van der Waals surface area contributed by atoms with Crippen molar-refractivity contribution < 1.29 is 42.1 Å². The van der Waals surface area contributed by atoms with Gasteiger partial charge < -0.3 is 34.3 Å². The Bertz CT molecular complexity index is 929. The molecule has 0 heterocycles. The number of amides is 2. The first-order chi connectivity index (χ1) is 15.3. The molecule has 0 atom stereocenters. The first-order valence-corrected chi connectivity index (χ1v) is 9.29. The van der Waals surface area contributed by atoms with E-state index in [4.69, 9.17) is 18.9 Å². The van der Waals surface area contributed by atoms with E-state index in [1.165, 1.54) is 52.7 Å². The van der Waals surface area contributed by atoms with Crippen LogP contribution < -0.4 is 34.3 Å². The van der Waals surface area contributed by atoms with Gasteiger partial charge in [0.15, 0.2) is 23.0 Å². The number of methoxy groups -OCH3 is 4. The Morgan fingerprint density at radius 3 is 2.00 bits per heavy atom. The molecule has 2 N–H and O–H groups in total. The predicted octanol–water partition coefficient (Wildman–Crippen LogP) is 2.37. The molecule has 2 aromatic rings. The van der Waals surface area contributed by atoms with Crippen molar-refractivity contribution in [3.05, 3.63) is 41.5 Å². The molecule has 0 aliphatic heterocycles. The lowest BCUT2D eigenvalue weighted by Gasteiger charge is -2.14. The van der Waals surface area contributed by atoms with Crippen LogP contribution in [0.25, 0.3) is 0 Å². The maximum Gasteiger partial charge on any atom is 0.387 e. The fourth-order valence-electron chi connectivity index (χ4n) is 2.76. The van der Waals surface area contributed by atoms with Crippen LogP contribution >= 0.6 is 0 Å². The maximum absolute atomic E-state index is 12.5. The second kappa shape index (κ2) is 11.6. The van der Waals surface area contributed by atoms with Crippen LogP contribution in [0.2, 0.25) is 0 Å². The Labute approximate surface area is 183 Å². The molecule has 0 aliphatic carbocycles.